The Labute approximate surface area is 99.0 Å². The Kier molecular flexibility index (Phi) is 3.45. The molecular formula is C13H16BrF. The van der Waals surface area contributed by atoms with Gasteiger partial charge in [0.15, 0.2) is 0 Å². The van der Waals surface area contributed by atoms with Crippen LogP contribution in [0.3, 0.4) is 0 Å². The van der Waals surface area contributed by atoms with Gasteiger partial charge in [-0.3, -0.25) is 0 Å². The fraction of sp³-hybridized carbons (Fsp3) is 0.538. The van der Waals surface area contributed by atoms with E-state index < -0.39 is 0 Å². The molecule has 0 radical (unpaired) electrons. The third kappa shape index (κ3) is 3.04. The maximum Gasteiger partial charge on any atom is 0.123 e. The fourth-order valence-electron chi connectivity index (χ4n) is 1.99. The molecule has 0 spiro atoms. The maximum absolute atomic E-state index is 13.0. The van der Waals surface area contributed by atoms with Crippen LogP contribution >= 0.6 is 15.9 Å². The van der Waals surface area contributed by atoms with Crippen LogP contribution in [0.4, 0.5) is 4.39 Å². The van der Waals surface area contributed by atoms with Crippen LogP contribution in [0, 0.1) is 17.7 Å². The molecule has 1 aliphatic rings. The summed E-state index contributed by atoms with van der Waals surface area (Å²) in [5.41, 5.74) is 1.09. The topological polar surface area (TPSA) is 0 Å². The highest BCUT2D eigenvalue weighted by atomic mass is 79.9. The molecule has 0 heterocycles. The van der Waals surface area contributed by atoms with Crippen LogP contribution in [-0.4, -0.2) is 4.83 Å². The highest BCUT2D eigenvalue weighted by Gasteiger charge is 2.32. The first kappa shape index (κ1) is 11.1. The summed E-state index contributed by atoms with van der Waals surface area (Å²) >= 11 is 3.72. The van der Waals surface area contributed by atoms with E-state index in [-0.39, 0.29) is 5.82 Å². The number of halogens is 2. The molecule has 1 aliphatic carbocycles. The normalized spacial score (nSPS) is 19.9. The minimum Gasteiger partial charge on any atom is -0.207 e. The quantitative estimate of drug-likeness (QED) is 0.721. The molecular weight excluding hydrogens is 255 g/mol. The van der Waals surface area contributed by atoms with Crippen molar-refractivity contribution in [1.29, 1.82) is 0 Å². The molecule has 0 nitrogen and oxygen atoms in total. The molecule has 0 amide bonds. The molecule has 2 atom stereocenters. The molecule has 2 unspecified atom stereocenters. The lowest BCUT2D eigenvalue weighted by Crippen LogP contribution is -2.15. The van der Waals surface area contributed by atoms with Gasteiger partial charge in [0.25, 0.3) is 0 Å². The van der Waals surface area contributed by atoms with E-state index in [1.54, 1.807) is 12.1 Å². The van der Waals surface area contributed by atoms with Gasteiger partial charge < -0.3 is 0 Å². The van der Waals surface area contributed by atoms with Crippen LogP contribution in [0.5, 0.6) is 0 Å². The Morgan fingerprint density at radius 2 is 2.20 bits per heavy atom. The Balaban J connectivity index is 1.95. The Hall–Kier alpha value is -0.370. The molecule has 0 N–H and O–H groups in total. The molecule has 1 aromatic carbocycles. The summed E-state index contributed by atoms with van der Waals surface area (Å²) in [6.45, 7) is 2.29. The number of rotatable bonds is 4. The van der Waals surface area contributed by atoms with Crippen LogP contribution in [-0.2, 0) is 6.42 Å². The van der Waals surface area contributed by atoms with Crippen molar-refractivity contribution in [1.82, 2.24) is 0 Å². The molecule has 2 heteroatoms. The van der Waals surface area contributed by atoms with Crippen molar-refractivity contribution in [3.63, 3.8) is 0 Å². The number of alkyl halides is 1. The smallest absolute Gasteiger partial charge is 0.123 e. The lowest BCUT2D eigenvalue weighted by atomic mass is 9.97. The standard InChI is InChI=1S/C13H16BrF/c1-9(11-5-6-11)13(14)8-10-3-2-4-12(15)7-10/h2-4,7,9,11,13H,5-6,8H2,1H3. The van der Waals surface area contributed by atoms with E-state index in [2.05, 4.69) is 22.9 Å². The van der Waals surface area contributed by atoms with E-state index in [0.717, 1.165) is 17.9 Å². The van der Waals surface area contributed by atoms with Crippen molar-refractivity contribution >= 4 is 15.9 Å². The van der Waals surface area contributed by atoms with Gasteiger partial charge in [-0.2, -0.15) is 0 Å². The summed E-state index contributed by atoms with van der Waals surface area (Å²) in [6, 6.07) is 6.91. The van der Waals surface area contributed by atoms with Crippen molar-refractivity contribution in [3.05, 3.63) is 35.6 Å². The Morgan fingerprint density at radius 3 is 2.80 bits per heavy atom. The minimum atomic E-state index is -0.133. The molecule has 2 rings (SSSR count). The first-order valence-corrected chi connectivity index (χ1v) is 6.47. The van der Waals surface area contributed by atoms with E-state index in [9.17, 15) is 4.39 Å². The van der Waals surface area contributed by atoms with Crippen LogP contribution in [0.2, 0.25) is 0 Å². The molecule has 0 saturated heterocycles. The molecule has 0 aromatic heterocycles. The molecule has 1 saturated carbocycles. The first-order valence-electron chi connectivity index (χ1n) is 5.55. The lowest BCUT2D eigenvalue weighted by molar-refractivity contribution is 0.489. The zero-order chi connectivity index (χ0) is 10.8. The van der Waals surface area contributed by atoms with Gasteiger partial charge in [-0.25, -0.2) is 4.39 Å². The highest BCUT2D eigenvalue weighted by molar-refractivity contribution is 9.09. The second-order valence-electron chi connectivity index (χ2n) is 4.55. The van der Waals surface area contributed by atoms with E-state index in [0.29, 0.717) is 10.7 Å². The Morgan fingerprint density at radius 1 is 1.47 bits per heavy atom. The monoisotopic (exact) mass is 270 g/mol. The van der Waals surface area contributed by atoms with Crippen molar-refractivity contribution < 1.29 is 4.39 Å². The summed E-state index contributed by atoms with van der Waals surface area (Å²) in [5.74, 6) is 1.46. The third-order valence-corrected chi connectivity index (χ3v) is 4.41. The molecule has 15 heavy (non-hydrogen) atoms. The molecule has 0 aliphatic heterocycles. The second-order valence-corrected chi connectivity index (χ2v) is 5.72. The van der Waals surface area contributed by atoms with Gasteiger partial charge in [-0.1, -0.05) is 35.0 Å². The van der Waals surface area contributed by atoms with Crippen molar-refractivity contribution in [2.75, 3.05) is 0 Å². The highest BCUT2D eigenvalue weighted by Crippen LogP contribution is 2.40. The molecule has 1 aromatic rings. The average Bonchev–Trinajstić information content (AvgIpc) is 2.99. The molecule has 1 fully saturated rings. The van der Waals surface area contributed by atoms with Gasteiger partial charge in [0, 0.05) is 4.83 Å². The van der Waals surface area contributed by atoms with E-state index in [4.69, 9.17) is 0 Å². The number of hydrogen-bond donors (Lipinski definition) is 0. The van der Waals surface area contributed by atoms with Crippen molar-refractivity contribution in [3.8, 4) is 0 Å². The van der Waals surface area contributed by atoms with Gasteiger partial charge in [0.1, 0.15) is 5.82 Å². The number of hydrogen-bond acceptors (Lipinski definition) is 0. The zero-order valence-electron chi connectivity index (χ0n) is 8.92. The maximum atomic E-state index is 13.0. The van der Waals surface area contributed by atoms with Crippen LogP contribution in [0.1, 0.15) is 25.3 Å². The summed E-state index contributed by atoms with van der Waals surface area (Å²) < 4.78 is 13.0. The first-order chi connectivity index (χ1) is 7.16. The van der Waals surface area contributed by atoms with E-state index >= 15 is 0 Å². The summed E-state index contributed by atoms with van der Waals surface area (Å²) in [5, 5.41) is 0. The zero-order valence-corrected chi connectivity index (χ0v) is 10.5. The third-order valence-electron chi connectivity index (χ3n) is 3.26. The van der Waals surface area contributed by atoms with Gasteiger partial charge >= 0.3 is 0 Å². The second kappa shape index (κ2) is 4.65. The summed E-state index contributed by atoms with van der Waals surface area (Å²) in [7, 11) is 0. The van der Waals surface area contributed by atoms with Crippen LogP contribution in [0.25, 0.3) is 0 Å². The summed E-state index contributed by atoms with van der Waals surface area (Å²) in [6.07, 6.45) is 3.66. The van der Waals surface area contributed by atoms with Crippen molar-refractivity contribution in [2.45, 2.75) is 31.0 Å². The van der Waals surface area contributed by atoms with E-state index in [1.807, 2.05) is 6.07 Å². The number of benzene rings is 1. The predicted molar refractivity (Wildman–Crippen MR) is 64.7 cm³/mol. The van der Waals surface area contributed by atoms with Gasteiger partial charge in [0.2, 0.25) is 0 Å². The van der Waals surface area contributed by atoms with Crippen LogP contribution in [0.15, 0.2) is 24.3 Å². The SMILES string of the molecule is CC(C(Br)Cc1cccc(F)c1)C1CC1. The predicted octanol–water partition coefficient (Wildman–Crippen LogP) is 4.18. The lowest BCUT2D eigenvalue weighted by Gasteiger charge is -2.17. The molecule has 82 valence electrons. The fourth-order valence-corrected chi connectivity index (χ4v) is 2.80. The van der Waals surface area contributed by atoms with Gasteiger partial charge in [-0.15, -0.1) is 0 Å². The van der Waals surface area contributed by atoms with E-state index in [1.165, 1.54) is 18.9 Å². The molecule has 0 bridgehead atoms. The van der Waals surface area contributed by atoms with Crippen molar-refractivity contribution in [2.24, 2.45) is 11.8 Å². The Bertz CT molecular complexity index is 333. The van der Waals surface area contributed by atoms with Gasteiger partial charge in [0.05, 0.1) is 0 Å². The average molecular weight is 271 g/mol. The largest absolute Gasteiger partial charge is 0.207 e. The van der Waals surface area contributed by atoms with Gasteiger partial charge in [-0.05, 0) is 48.8 Å². The minimum absolute atomic E-state index is 0.133. The van der Waals surface area contributed by atoms with Crippen LogP contribution < -0.4 is 0 Å². The summed E-state index contributed by atoms with van der Waals surface area (Å²) in [4.78, 5) is 0.479.